The maximum atomic E-state index is 12.0. The van der Waals surface area contributed by atoms with Crippen molar-refractivity contribution in [2.75, 3.05) is 26.2 Å². The second kappa shape index (κ2) is 4.86. The first kappa shape index (κ1) is 11.4. The third-order valence-electron chi connectivity index (χ3n) is 2.86. The van der Waals surface area contributed by atoms with Gasteiger partial charge >= 0.3 is 6.09 Å². The third kappa shape index (κ3) is 2.55. The van der Waals surface area contributed by atoms with E-state index in [9.17, 15) is 9.59 Å². The molecule has 0 spiro atoms. The van der Waals surface area contributed by atoms with Crippen molar-refractivity contribution in [2.24, 2.45) is 0 Å². The van der Waals surface area contributed by atoms with Gasteiger partial charge in [0.25, 0.3) is 5.91 Å². The van der Waals surface area contributed by atoms with Crippen LogP contribution in [0.25, 0.3) is 0 Å². The molecule has 0 bridgehead atoms. The number of carboxylic acid groups (broad SMARTS) is 1. The highest BCUT2D eigenvalue weighted by atomic mass is 16.4. The van der Waals surface area contributed by atoms with Gasteiger partial charge < -0.3 is 14.9 Å². The van der Waals surface area contributed by atoms with Crippen molar-refractivity contribution in [1.29, 1.82) is 0 Å². The van der Waals surface area contributed by atoms with Crippen molar-refractivity contribution in [3.63, 3.8) is 0 Å². The van der Waals surface area contributed by atoms with Crippen molar-refractivity contribution in [2.45, 2.75) is 0 Å². The number of piperazine rings is 1. The summed E-state index contributed by atoms with van der Waals surface area (Å²) in [6.45, 7) is 1.68. The summed E-state index contributed by atoms with van der Waals surface area (Å²) in [6.07, 6.45) is -0.920. The minimum Gasteiger partial charge on any atom is -0.465 e. The van der Waals surface area contributed by atoms with Crippen LogP contribution in [0.4, 0.5) is 4.79 Å². The summed E-state index contributed by atoms with van der Waals surface area (Å²) in [7, 11) is 0. The fraction of sp³-hybridized carbons (Fsp3) is 0.333. The Kier molecular flexibility index (Phi) is 3.27. The van der Waals surface area contributed by atoms with E-state index in [-0.39, 0.29) is 5.91 Å². The third-order valence-corrected chi connectivity index (χ3v) is 2.86. The Balaban J connectivity index is 1.98. The molecule has 5 nitrogen and oxygen atoms in total. The van der Waals surface area contributed by atoms with E-state index >= 15 is 0 Å². The Labute approximate surface area is 99.3 Å². The lowest BCUT2D eigenvalue weighted by atomic mass is 10.2. The Bertz CT molecular complexity index is 411. The predicted octanol–water partition coefficient (Wildman–Crippen LogP) is 1.12. The number of carbonyl (C=O) groups is 2. The normalized spacial score (nSPS) is 15.8. The van der Waals surface area contributed by atoms with Crippen molar-refractivity contribution in [3.8, 4) is 0 Å². The van der Waals surface area contributed by atoms with Gasteiger partial charge in [-0.1, -0.05) is 18.2 Å². The molecule has 0 aliphatic carbocycles. The maximum absolute atomic E-state index is 12.0. The molecule has 1 aromatic rings. The molecule has 2 amide bonds. The van der Waals surface area contributed by atoms with Gasteiger partial charge in [0.05, 0.1) is 0 Å². The molecule has 0 saturated carbocycles. The molecule has 0 unspecified atom stereocenters. The monoisotopic (exact) mass is 234 g/mol. The molecular formula is C12H14N2O3. The van der Waals surface area contributed by atoms with E-state index in [1.807, 2.05) is 18.2 Å². The number of rotatable bonds is 1. The summed E-state index contributed by atoms with van der Waals surface area (Å²) in [5.74, 6) is -0.0318. The zero-order valence-electron chi connectivity index (χ0n) is 9.37. The zero-order chi connectivity index (χ0) is 12.3. The zero-order valence-corrected chi connectivity index (χ0v) is 9.37. The minimum absolute atomic E-state index is 0.0318. The first-order valence-electron chi connectivity index (χ1n) is 5.50. The lowest BCUT2D eigenvalue weighted by Gasteiger charge is -2.33. The van der Waals surface area contributed by atoms with Crippen LogP contribution in [0.5, 0.6) is 0 Å². The largest absolute Gasteiger partial charge is 0.465 e. The van der Waals surface area contributed by atoms with Crippen LogP contribution in [0.1, 0.15) is 10.4 Å². The highest BCUT2D eigenvalue weighted by Crippen LogP contribution is 2.08. The van der Waals surface area contributed by atoms with Crippen LogP contribution in [-0.4, -0.2) is 53.1 Å². The average Bonchev–Trinajstić information content (AvgIpc) is 2.39. The lowest BCUT2D eigenvalue weighted by Crippen LogP contribution is -2.50. The van der Waals surface area contributed by atoms with Gasteiger partial charge in [0, 0.05) is 31.7 Å². The van der Waals surface area contributed by atoms with Crippen molar-refractivity contribution < 1.29 is 14.7 Å². The first-order valence-corrected chi connectivity index (χ1v) is 5.50. The van der Waals surface area contributed by atoms with E-state index in [1.54, 1.807) is 17.0 Å². The Hall–Kier alpha value is -2.04. The second-order valence-corrected chi connectivity index (χ2v) is 3.93. The summed E-state index contributed by atoms with van der Waals surface area (Å²) < 4.78 is 0. The summed E-state index contributed by atoms with van der Waals surface area (Å²) in [6, 6.07) is 9.04. The SMILES string of the molecule is O=C(O)N1CCN(C(=O)c2ccccc2)CC1. The number of carbonyl (C=O) groups excluding carboxylic acids is 1. The average molecular weight is 234 g/mol. The van der Waals surface area contributed by atoms with Crippen LogP contribution in [0.3, 0.4) is 0 Å². The highest BCUT2D eigenvalue weighted by molar-refractivity contribution is 5.94. The fourth-order valence-electron chi connectivity index (χ4n) is 1.86. The molecular weight excluding hydrogens is 220 g/mol. The quantitative estimate of drug-likeness (QED) is 0.792. The summed E-state index contributed by atoms with van der Waals surface area (Å²) >= 11 is 0. The molecule has 1 heterocycles. The Morgan fingerprint density at radius 3 is 2.00 bits per heavy atom. The molecule has 5 heteroatoms. The molecule has 1 N–H and O–H groups in total. The van der Waals surface area contributed by atoms with Gasteiger partial charge in [0.1, 0.15) is 0 Å². The highest BCUT2D eigenvalue weighted by Gasteiger charge is 2.24. The van der Waals surface area contributed by atoms with E-state index in [1.165, 1.54) is 4.90 Å². The second-order valence-electron chi connectivity index (χ2n) is 3.93. The lowest BCUT2D eigenvalue weighted by molar-refractivity contribution is 0.0625. The molecule has 90 valence electrons. The molecule has 1 aromatic carbocycles. The number of benzene rings is 1. The van der Waals surface area contributed by atoms with Gasteiger partial charge in [-0.05, 0) is 12.1 Å². The minimum atomic E-state index is -0.920. The number of hydrogen-bond donors (Lipinski definition) is 1. The van der Waals surface area contributed by atoms with Gasteiger partial charge in [0.2, 0.25) is 0 Å². The first-order chi connectivity index (χ1) is 8.18. The predicted molar refractivity (Wildman–Crippen MR) is 61.9 cm³/mol. The summed E-state index contributed by atoms with van der Waals surface area (Å²) in [5.41, 5.74) is 0.649. The van der Waals surface area contributed by atoms with Gasteiger partial charge in [-0.3, -0.25) is 4.79 Å². The van der Waals surface area contributed by atoms with E-state index in [0.717, 1.165) is 0 Å². The van der Waals surface area contributed by atoms with Crippen LogP contribution < -0.4 is 0 Å². The molecule has 0 radical (unpaired) electrons. The van der Waals surface area contributed by atoms with Gasteiger partial charge in [-0.25, -0.2) is 4.79 Å². The van der Waals surface area contributed by atoms with E-state index < -0.39 is 6.09 Å². The van der Waals surface area contributed by atoms with Crippen LogP contribution in [0.2, 0.25) is 0 Å². The molecule has 1 saturated heterocycles. The summed E-state index contributed by atoms with van der Waals surface area (Å²) in [4.78, 5) is 25.8. The topological polar surface area (TPSA) is 60.9 Å². The number of nitrogens with zero attached hydrogens (tertiary/aromatic N) is 2. The van der Waals surface area contributed by atoms with E-state index in [2.05, 4.69) is 0 Å². The van der Waals surface area contributed by atoms with Crippen molar-refractivity contribution >= 4 is 12.0 Å². The number of amides is 2. The molecule has 0 aromatic heterocycles. The van der Waals surface area contributed by atoms with Gasteiger partial charge in [-0.2, -0.15) is 0 Å². The van der Waals surface area contributed by atoms with E-state index in [0.29, 0.717) is 31.7 Å². The van der Waals surface area contributed by atoms with Gasteiger partial charge in [-0.15, -0.1) is 0 Å². The standard InChI is InChI=1S/C12H14N2O3/c15-11(10-4-2-1-3-5-10)13-6-8-14(9-7-13)12(16)17/h1-5H,6-9H2,(H,16,17). The smallest absolute Gasteiger partial charge is 0.407 e. The van der Waals surface area contributed by atoms with Crippen molar-refractivity contribution in [1.82, 2.24) is 9.80 Å². The molecule has 0 atom stereocenters. The van der Waals surface area contributed by atoms with Crippen LogP contribution in [0, 0.1) is 0 Å². The fourth-order valence-corrected chi connectivity index (χ4v) is 1.86. The molecule has 1 fully saturated rings. The van der Waals surface area contributed by atoms with Crippen LogP contribution >= 0.6 is 0 Å². The summed E-state index contributed by atoms with van der Waals surface area (Å²) in [5, 5.41) is 8.80. The van der Waals surface area contributed by atoms with E-state index in [4.69, 9.17) is 5.11 Å². The Morgan fingerprint density at radius 1 is 0.941 bits per heavy atom. The number of hydrogen-bond acceptors (Lipinski definition) is 2. The van der Waals surface area contributed by atoms with Gasteiger partial charge in [0.15, 0.2) is 0 Å². The van der Waals surface area contributed by atoms with Crippen molar-refractivity contribution in [3.05, 3.63) is 35.9 Å². The Morgan fingerprint density at radius 2 is 1.47 bits per heavy atom. The molecule has 1 aliphatic rings. The van der Waals surface area contributed by atoms with Crippen LogP contribution in [-0.2, 0) is 0 Å². The maximum Gasteiger partial charge on any atom is 0.407 e. The molecule has 2 rings (SSSR count). The molecule has 1 aliphatic heterocycles. The van der Waals surface area contributed by atoms with Crippen LogP contribution in [0.15, 0.2) is 30.3 Å². The molecule has 17 heavy (non-hydrogen) atoms.